The van der Waals surface area contributed by atoms with Gasteiger partial charge in [0.15, 0.2) is 0 Å². The van der Waals surface area contributed by atoms with E-state index < -0.39 is 22.4 Å². The standard InChI is InChI=1S/C32H62O4S2/c1-3-5-7-9-11-13-15-17-19-21-23-25-27-29(31(33)34)37-38-30(32(35)36)28-26-24-22-20-18-16-14-12-10-8-6-4-2/h29-30H,3-28H2,1-2H3,(H,33,34)(H,35,36). The molecule has 2 N–H and O–H groups in total. The van der Waals surface area contributed by atoms with Crippen molar-refractivity contribution in [3.63, 3.8) is 0 Å². The largest absolute Gasteiger partial charge is 0.480 e. The molecule has 6 heteroatoms. The summed E-state index contributed by atoms with van der Waals surface area (Å²) in [7, 11) is 2.54. The average Bonchev–Trinajstić information content (AvgIpc) is 2.89. The second-order valence-electron chi connectivity index (χ2n) is 11.2. The molecule has 38 heavy (non-hydrogen) atoms. The molecule has 0 aromatic rings. The van der Waals surface area contributed by atoms with E-state index >= 15 is 0 Å². The molecule has 0 aliphatic carbocycles. The van der Waals surface area contributed by atoms with Crippen molar-refractivity contribution in [2.24, 2.45) is 0 Å². The first-order chi connectivity index (χ1) is 18.5. The molecule has 4 nitrogen and oxygen atoms in total. The van der Waals surface area contributed by atoms with Gasteiger partial charge in [-0.1, -0.05) is 190 Å². The Morgan fingerprint density at radius 1 is 0.421 bits per heavy atom. The lowest BCUT2D eigenvalue weighted by atomic mass is 10.0. The van der Waals surface area contributed by atoms with Crippen LogP contribution < -0.4 is 0 Å². The zero-order chi connectivity index (χ0) is 28.1. The molecule has 0 bridgehead atoms. The number of unbranched alkanes of at least 4 members (excludes halogenated alkanes) is 22. The van der Waals surface area contributed by atoms with Gasteiger partial charge in [-0.3, -0.25) is 9.59 Å². The van der Waals surface area contributed by atoms with Crippen LogP contribution in [0.2, 0.25) is 0 Å². The molecular weight excluding hydrogens is 512 g/mol. The third-order valence-electron chi connectivity index (χ3n) is 7.48. The number of carbonyl (C=O) groups is 2. The minimum absolute atomic E-state index is 0.507. The molecule has 0 fully saturated rings. The van der Waals surface area contributed by atoms with Crippen molar-refractivity contribution in [2.45, 2.75) is 191 Å². The van der Waals surface area contributed by atoms with Crippen LogP contribution in [0.5, 0.6) is 0 Å². The van der Waals surface area contributed by atoms with Gasteiger partial charge in [0, 0.05) is 0 Å². The van der Waals surface area contributed by atoms with Gasteiger partial charge >= 0.3 is 11.9 Å². The number of hydrogen-bond acceptors (Lipinski definition) is 4. The van der Waals surface area contributed by atoms with Gasteiger partial charge in [-0.25, -0.2) is 0 Å². The smallest absolute Gasteiger partial charge is 0.317 e. The van der Waals surface area contributed by atoms with E-state index in [0.29, 0.717) is 12.8 Å². The zero-order valence-corrected chi connectivity index (χ0v) is 26.7. The average molecular weight is 575 g/mol. The molecule has 0 radical (unpaired) electrons. The Morgan fingerprint density at radius 3 is 0.842 bits per heavy atom. The Hall–Kier alpha value is -0.360. The van der Waals surface area contributed by atoms with Crippen LogP contribution in [0.1, 0.15) is 181 Å². The highest BCUT2D eigenvalue weighted by molar-refractivity contribution is 8.77. The maximum atomic E-state index is 11.7. The topological polar surface area (TPSA) is 74.6 Å². The van der Waals surface area contributed by atoms with Crippen molar-refractivity contribution >= 4 is 33.5 Å². The molecule has 0 amide bonds. The van der Waals surface area contributed by atoms with Gasteiger partial charge in [-0.05, 0) is 12.8 Å². The van der Waals surface area contributed by atoms with Crippen molar-refractivity contribution in [3.8, 4) is 0 Å². The molecule has 0 aromatic heterocycles. The fraction of sp³-hybridized carbons (Fsp3) is 0.938. The highest BCUT2D eigenvalue weighted by atomic mass is 33.1. The van der Waals surface area contributed by atoms with Gasteiger partial charge in [0.1, 0.15) is 10.5 Å². The molecule has 0 spiro atoms. The third kappa shape index (κ3) is 25.9. The highest BCUT2D eigenvalue weighted by Crippen LogP contribution is 2.36. The summed E-state index contributed by atoms with van der Waals surface area (Å²) in [4.78, 5) is 23.4. The Balaban J connectivity index is 3.82. The lowest BCUT2D eigenvalue weighted by molar-refractivity contribution is -0.137. The van der Waals surface area contributed by atoms with Crippen LogP contribution in [0.15, 0.2) is 0 Å². The summed E-state index contributed by atoms with van der Waals surface area (Å²) in [5.74, 6) is -1.61. The first kappa shape index (κ1) is 37.6. The summed E-state index contributed by atoms with van der Waals surface area (Å²) >= 11 is 0. The van der Waals surface area contributed by atoms with E-state index in [0.717, 1.165) is 25.7 Å². The minimum atomic E-state index is -0.805. The monoisotopic (exact) mass is 574 g/mol. The van der Waals surface area contributed by atoms with Gasteiger partial charge in [-0.15, -0.1) is 0 Å². The van der Waals surface area contributed by atoms with Gasteiger partial charge in [0.05, 0.1) is 0 Å². The van der Waals surface area contributed by atoms with Crippen LogP contribution in [-0.4, -0.2) is 32.7 Å². The fourth-order valence-corrected chi connectivity index (χ4v) is 7.74. The molecule has 0 heterocycles. The molecule has 0 saturated carbocycles. The van der Waals surface area contributed by atoms with Gasteiger partial charge < -0.3 is 10.2 Å². The van der Waals surface area contributed by atoms with E-state index in [2.05, 4.69) is 13.8 Å². The third-order valence-corrected chi connectivity index (χ3v) is 10.7. The molecule has 0 rings (SSSR count). The van der Waals surface area contributed by atoms with E-state index in [9.17, 15) is 19.8 Å². The number of carboxylic acid groups (broad SMARTS) is 2. The number of aliphatic carboxylic acids is 2. The lowest BCUT2D eigenvalue weighted by Crippen LogP contribution is -2.19. The molecule has 0 aliphatic heterocycles. The van der Waals surface area contributed by atoms with E-state index in [1.807, 2.05) is 0 Å². The summed E-state index contributed by atoms with van der Waals surface area (Å²) in [6.07, 6.45) is 31.6. The normalized spacial score (nSPS) is 13.0. The Kier molecular flexibility index (Phi) is 29.3. The number of carboxylic acids is 2. The summed E-state index contributed by atoms with van der Waals surface area (Å²) in [6, 6.07) is 0. The van der Waals surface area contributed by atoms with Crippen LogP contribution in [0, 0.1) is 0 Å². The second kappa shape index (κ2) is 29.6. The van der Waals surface area contributed by atoms with E-state index in [-0.39, 0.29) is 0 Å². The van der Waals surface area contributed by atoms with Crippen molar-refractivity contribution in [1.82, 2.24) is 0 Å². The summed E-state index contributed by atoms with van der Waals surface area (Å²) < 4.78 is 0. The quantitative estimate of drug-likeness (QED) is 0.0633. The van der Waals surface area contributed by atoms with Gasteiger partial charge in [0.2, 0.25) is 0 Å². The summed E-state index contributed by atoms with van der Waals surface area (Å²) in [5.41, 5.74) is 0. The minimum Gasteiger partial charge on any atom is -0.480 e. The first-order valence-corrected chi connectivity index (χ1v) is 18.6. The van der Waals surface area contributed by atoms with Gasteiger partial charge in [-0.2, -0.15) is 0 Å². The maximum Gasteiger partial charge on any atom is 0.317 e. The summed E-state index contributed by atoms with van der Waals surface area (Å²) in [5, 5.41) is 18.2. The SMILES string of the molecule is CCCCCCCCCCCCCCC(SSC(CCCCCCCCCCCCCC)C(=O)O)C(=O)O. The molecule has 0 aromatic carbocycles. The van der Waals surface area contributed by atoms with E-state index in [1.165, 1.54) is 150 Å². The molecule has 2 atom stereocenters. The van der Waals surface area contributed by atoms with Crippen LogP contribution >= 0.6 is 21.6 Å². The predicted octanol–water partition coefficient (Wildman–Crippen LogP) is 11.5. The lowest BCUT2D eigenvalue weighted by Gasteiger charge is -2.15. The van der Waals surface area contributed by atoms with E-state index in [1.54, 1.807) is 0 Å². The van der Waals surface area contributed by atoms with Crippen molar-refractivity contribution in [2.75, 3.05) is 0 Å². The van der Waals surface area contributed by atoms with Gasteiger partial charge in [0.25, 0.3) is 0 Å². The van der Waals surface area contributed by atoms with Crippen LogP contribution in [-0.2, 0) is 9.59 Å². The maximum absolute atomic E-state index is 11.7. The Bertz CT molecular complexity index is 484. The molecule has 2 unspecified atom stereocenters. The molecule has 0 aliphatic rings. The van der Waals surface area contributed by atoms with Crippen LogP contribution in [0.25, 0.3) is 0 Å². The molecule has 0 saturated heterocycles. The van der Waals surface area contributed by atoms with Crippen molar-refractivity contribution < 1.29 is 19.8 Å². The zero-order valence-electron chi connectivity index (χ0n) is 25.1. The van der Waals surface area contributed by atoms with Crippen LogP contribution in [0.4, 0.5) is 0 Å². The highest BCUT2D eigenvalue weighted by Gasteiger charge is 2.24. The Labute approximate surface area is 244 Å². The van der Waals surface area contributed by atoms with Crippen molar-refractivity contribution in [3.05, 3.63) is 0 Å². The first-order valence-electron chi connectivity index (χ1n) is 16.3. The van der Waals surface area contributed by atoms with Crippen LogP contribution in [0.3, 0.4) is 0 Å². The molecular formula is C32H62O4S2. The number of hydrogen-bond donors (Lipinski definition) is 2. The van der Waals surface area contributed by atoms with Crippen molar-refractivity contribution in [1.29, 1.82) is 0 Å². The number of rotatable bonds is 31. The second-order valence-corrected chi connectivity index (χ2v) is 13.9. The summed E-state index contributed by atoms with van der Waals surface area (Å²) in [6.45, 7) is 4.51. The fourth-order valence-electron chi connectivity index (χ4n) is 4.90. The predicted molar refractivity (Wildman–Crippen MR) is 169 cm³/mol. The molecule has 226 valence electrons. The van der Waals surface area contributed by atoms with E-state index in [4.69, 9.17) is 0 Å². The Morgan fingerprint density at radius 2 is 0.632 bits per heavy atom.